The molecule has 0 saturated heterocycles. The van der Waals surface area contributed by atoms with Gasteiger partial charge in [0, 0.05) is 12.6 Å². The van der Waals surface area contributed by atoms with E-state index in [-0.39, 0.29) is 24.2 Å². The van der Waals surface area contributed by atoms with Gasteiger partial charge in [-0.3, -0.25) is 4.79 Å². The lowest BCUT2D eigenvalue weighted by Crippen LogP contribution is -2.39. The van der Waals surface area contributed by atoms with Crippen molar-refractivity contribution in [2.24, 2.45) is 4.40 Å². The maximum Gasteiger partial charge on any atom is 0.345 e. The second-order valence-electron chi connectivity index (χ2n) is 6.63. The monoisotopic (exact) mass is 413 g/mol. The van der Waals surface area contributed by atoms with Gasteiger partial charge in [-0.05, 0) is 36.8 Å². The Morgan fingerprint density at radius 1 is 1.14 bits per heavy atom. The molecule has 0 fully saturated rings. The Morgan fingerprint density at radius 2 is 1.86 bits per heavy atom. The zero-order valence-corrected chi connectivity index (χ0v) is 16.6. The number of nitrogens with one attached hydrogen (secondary N) is 1. The first-order valence-electron chi connectivity index (χ1n) is 8.91. The van der Waals surface area contributed by atoms with Crippen LogP contribution in [0.1, 0.15) is 24.1 Å². The first-order chi connectivity index (χ1) is 13.8. The van der Waals surface area contributed by atoms with Crippen molar-refractivity contribution < 1.29 is 22.7 Å². The van der Waals surface area contributed by atoms with E-state index in [2.05, 4.69) is 9.71 Å². The number of ether oxygens (including phenoxy) is 2. The molecule has 1 atom stereocenters. The Labute approximate surface area is 168 Å². The molecule has 2 aromatic rings. The average Bonchev–Trinajstić information content (AvgIpc) is 3.18. The number of likely N-dealkylation sites (N-methyl/N-ethyl adjacent to an activating group) is 1. The SMILES string of the molecule is C[C@H](NC(=O)C1=CC(c2ccc3c(c2)OCO3)=NS(=O)(=O)N1C)c1ccccc1. The second-order valence-corrected chi connectivity index (χ2v) is 8.25. The number of amides is 1. The summed E-state index contributed by atoms with van der Waals surface area (Å²) in [6.07, 6.45) is 1.45. The number of hydrogen-bond acceptors (Lipinski definition) is 5. The van der Waals surface area contributed by atoms with E-state index in [1.54, 1.807) is 18.2 Å². The van der Waals surface area contributed by atoms with Gasteiger partial charge in [0.1, 0.15) is 5.70 Å². The molecule has 8 nitrogen and oxygen atoms in total. The molecule has 4 rings (SSSR count). The van der Waals surface area contributed by atoms with Crippen molar-refractivity contribution in [1.82, 2.24) is 9.62 Å². The van der Waals surface area contributed by atoms with Crippen LogP contribution in [0.2, 0.25) is 0 Å². The number of rotatable bonds is 4. The van der Waals surface area contributed by atoms with Gasteiger partial charge in [-0.2, -0.15) is 8.42 Å². The third kappa shape index (κ3) is 3.68. The summed E-state index contributed by atoms with van der Waals surface area (Å²) in [5, 5.41) is 2.83. The fourth-order valence-corrected chi connectivity index (χ4v) is 3.97. The minimum Gasteiger partial charge on any atom is -0.454 e. The summed E-state index contributed by atoms with van der Waals surface area (Å²) in [6, 6.07) is 14.1. The van der Waals surface area contributed by atoms with Gasteiger partial charge in [-0.15, -0.1) is 4.40 Å². The normalized spacial score (nSPS) is 17.9. The lowest BCUT2D eigenvalue weighted by Gasteiger charge is -2.25. The van der Waals surface area contributed by atoms with E-state index in [1.165, 1.54) is 13.1 Å². The van der Waals surface area contributed by atoms with Gasteiger partial charge >= 0.3 is 10.2 Å². The third-order valence-electron chi connectivity index (χ3n) is 4.72. The number of carbonyl (C=O) groups is 1. The highest BCUT2D eigenvalue weighted by atomic mass is 32.2. The number of allylic oxidation sites excluding steroid dienone is 1. The van der Waals surface area contributed by atoms with Crippen molar-refractivity contribution in [2.45, 2.75) is 13.0 Å². The fourth-order valence-electron chi connectivity index (χ4n) is 3.05. The van der Waals surface area contributed by atoms with E-state index < -0.39 is 16.1 Å². The van der Waals surface area contributed by atoms with Gasteiger partial charge in [0.25, 0.3) is 5.91 Å². The molecular weight excluding hydrogens is 394 g/mol. The topological polar surface area (TPSA) is 97.3 Å². The van der Waals surface area contributed by atoms with Gasteiger partial charge in [-0.25, -0.2) is 4.31 Å². The Kier molecular flexibility index (Phi) is 4.75. The summed E-state index contributed by atoms with van der Waals surface area (Å²) in [4.78, 5) is 12.9. The molecule has 0 aromatic heterocycles. The van der Waals surface area contributed by atoms with E-state index in [4.69, 9.17) is 9.47 Å². The zero-order valence-electron chi connectivity index (χ0n) is 15.8. The summed E-state index contributed by atoms with van der Waals surface area (Å²) >= 11 is 0. The number of benzene rings is 2. The second kappa shape index (κ2) is 7.25. The van der Waals surface area contributed by atoms with Crippen LogP contribution in [0.5, 0.6) is 11.5 Å². The van der Waals surface area contributed by atoms with E-state index in [0.29, 0.717) is 17.1 Å². The molecule has 1 N–H and O–H groups in total. The number of carbonyl (C=O) groups excluding carboxylic acids is 1. The lowest BCUT2D eigenvalue weighted by molar-refractivity contribution is -0.119. The molecular formula is C20H19N3O5S. The largest absolute Gasteiger partial charge is 0.454 e. The Bertz CT molecular complexity index is 1130. The number of hydrogen-bond donors (Lipinski definition) is 1. The van der Waals surface area contributed by atoms with Gasteiger partial charge in [0.05, 0.1) is 11.8 Å². The van der Waals surface area contributed by atoms with E-state index in [1.807, 2.05) is 37.3 Å². The first kappa shape index (κ1) is 19.0. The van der Waals surface area contributed by atoms with E-state index in [9.17, 15) is 13.2 Å². The van der Waals surface area contributed by atoms with Crippen LogP contribution in [-0.4, -0.2) is 38.2 Å². The molecule has 2 aliphatic heterocycles. The Hall–Kier alpha value is -3.33. The van der Waals surface area contributed by atoms with Crippen molar-refractivity contribution >= 4 is 21.8 Å². The first-order valence-corrected chi connectivity index (χ1v) is 10.3. The summed E-state index contributed by atoms with van der Waals surface area (Å²) in [5.74, 6) is 0.558. The van der Waals surface area contributed by atoms with Gasteiger partial charge in [-0.1, -0.05) is 30.3 Å². The summed E-state index contributed by atoms with van der Waals surface area (Å²) in [5.41, 5.74) is 1.55. The number of fused-ring (bicyclic) bond motifs is 1. The van der Waals surface area contributed by atoms with Crippen LogP contribution >= 0.6 is 0 Å². The van der Waals surface area contributed by atoms with Gasteiger partial charge < -0.3 is 14.8 Å². The molecule has 0 radical (unpaired) electrons. The van der Waals surface area contributed by atoms with E-state index >= 15 is 0 Å². The van der Waals surface area contributed by atoms with Crippen molar-refractivity contribution in [2.75, 3.05) is 13.8 Å². The van der Waals surface area contributed by atoms with Crippen molar-refractivity contribution in [3.05, 3.63) is 71.4 Å². The summed E-state index contributed by atoms with van der Waals surface area (Å²) < 4.78 is 40.4. The smallest absolute Gasteiger partial charge is 0.345 e. The molecule has 2 heterocycles. The maximum atomic E-state index is 12.9. The van der Waals surface area contributed by atoms with Crippen LogP contribution in [0.4, 0.5) is 0 Å². The minimum atomic E-state index is -4.05. The van der Waals surface area contributed by atoms with Crippen LogP contribution in [0.3, 0.4) is 0 Å². The molecule has 0 unspecified atom stereocenters. The predicted octanol–water partition coefficient (Wildman–Crippen LogP) is 2.16. The molecule has 2 aromatic carbocycles. The highest BCUT2D eigenvalue weighted by Gasteiger charge is 2.31. The minimum absolute atomic E-state index is 0.0181. The molecule has 1 amide bonds. The lowest BCUT2D eigenvalue weighted by atomic mass is 10.1. The molecule has 2 aliphatic rings. The highest BCUT2D eigenvalue weighted by Crippen LogP contribution is 2.33. The average molecular weight is 413 g/mol. The van der Waals surface area contributed by atoms with Crippen molar-refractivity contribution in [1.29, 1.82) is 0 Å². The van der Waals surface area contributed by atoms with Gasteiger partial charge in [0.15, 0.2) is 11.5 Å². The Morgan fingerprint density at radius 3 is 2.62 bits per heavy atom. The molecule has 29 heavy (non-hydrogen) atoms. The Balaban J connectivity index is 1.65. The maximum absolute atomic E-state index is 12.9. The highest BCUT2D eigenvalue weighted by molar-refractivity contribution is 7.88. The van der Waals surface area contributed by atoms with E-state index in [0.717, 1.165) is 9.87 Å². The molecule has 0 aliphatic carbocycles. The quantitative estimate of drug-likeness (QED) is 0.828. The molecule has 9 heteroatoms. The van der Waals surface area contributed by atoms with Crippen LogP contribution in [0.25, 0.3) is 0 Å². The van der Waals surface area contributed by atoms with Crippen molar-refractivity contribution in [3.8, 4) is 11.5 Å². The zero-order chi connectivity index (χ0) is 20.6. The van der Waals surface area contributed by atoms with Crippen LogP contribution < -0.4 is 14.8 Å². The number of nitrogens with zero attached hydrogens (tertiary/aromatic N) is 2. The molecule has 0 saturated carbocycles. The van der Waals surface area contributed by atoms with Gasteiger partial charge in [0.2, 0.25) is 6.79 Å². The molecule has 150 valence electrons. The molecule has 0 spiro atoms. The molecule has 0 bridgehead atoms. The third-order valence-corrected chi connectivity index (χ3v) is 6.04. The standard InChI is InChI=1S/C20H19N3O5S/c1-13(14-6-4-3-5-7-14)21-20(24)17-11-16(22-29(25,26)23(17)2)15-8-9-18-19(10-15)28-12-27-18/h3-11,13H,12H2,1-2H3,(H,21,24)/t13-/m0/s1. The van der Waals surface area contributed by atoms with Crippen molar-refractivity contribution in [3.63, 3.8) is 0 Å². The summed E-state index contributed by atoms with van der Waals surface area (Å²) in [7, 11) is -2.75. The van der Waals surface area contributed by atoms with Crippen LogP contribution in [0.15, 0.2) is 64.7 Å². The summed E-state index contributed by atoms with van der Waals surface area (Å²) in [6.45, 7) is 1.94. The van der Waals surface area contributed by atoms with Crippen LogP contribution in [0, 0.1) is 0 Å². The fraction of sp³-hybridized carbons (Fsp3) is 0.200. The predicted molar refractivity (Wildman–Crippen MR) is 107 cm³/mol. The van der Waals surface area contributed by atoms with Crippen LogP contribution in [-0.2, 0) is 15.0 Å².